The van der Waals surface area contributed by atoms with Gasteiger partial charge in [-0.05, 0) is 31.0 Å². The number of nitrogens with one attached hydrogen (secondary N) is 2. The third kappa shape index (κ3) is 3.62. The maximum atomic E-state index is 5.90. The van der Waals surface area contributed by atoms with Gasteiger partial charge in [0.2, 0.25) is 0 Å². The number of H-pyrrole nitrogens is 1. The van der Waals surface area contributed by atoms with Crippen LogP contribution in [0.15, 0.2) is 29.4 Å². The van der Waals surface area contributed by atoms with Gasteiger partial charge in [0.25, 0.3) is 0 Å². The van der Waals surface area contributed by atoms with Crippen LogP contribution in [0.3, 0.4) is 0 Å². The molecule has 6 heteroatoms. The molecule has 5 nitrogen and oxygen atoms in total. The molecule has 4 N–H and O–H groups in total. The average molecular weight is 385 g/mol. The maximum absolute atomic E-state index is 5.90. The summed E-state index contributed by atoms with van der Waals surface area (Å²) in [7, 11) is 0. The highest BCUT2D eigenvalue weighted by molar-refractivity contribution is 14.0. The Morgan fingerprint density at radius 1 is 1.35 bits per heavy atom. The van der Waals surface area contributed by atoms with E-state index in [1.165, 1.54) is 25.7 Å². The molecule has 0 aliphatic heterocycles. The Balaban J connectivity index is 0.00000147. The van der Waals surface area contributed by atoms with E-state index in [0.717, 1.165) is 16.7 Å². The van der Waals surface area contributed by atoms with Crippen LogP contribution in [-0.4, -0.2) is 22.0 Å². The van der Waals surface area contributed by atoms with Crippen molar-refractivity contribution < 1.29 is 0 Å². The van der Waals surface area contributed by atoms with Crippen LogP contribution in [0, 0.1) is 0 Å². The SMILES string of the molecule is I.NC(=NCc1ccc2cc[nH]c2n1)NC1CCCC1. The minimum absolute atomic E-state index is 0. The summed E-state index contributed by atoms with van der Waals surface area (Å²) >= 11 is 0. The largest absolute Gasteiger partial charge is 0.370 e. The van der Waals surface area contributed by atoms with Crippen molar-refractivity contribution in [3.63, 3.8) is 0 Å². The van der Waals surface area contributed by atoms with E-state index in [1.807, 2.05) is 24.4 Å². The fourth-order valence-corrected chi connectivity index (χ4v) is 2.55. The molecule has 2 aromatic heterocycles. The Morgan fingerprint density at radius 3 is 2.95 bits per heavy atom. The summed E-state index contributed by atoms with van der Waals surface area (Å²) in [6.45, 7) is 0.514. The molecule has 20 heavy (non-hydrogen) atoms. The van der Waals surface area contributed by atoms with Gasteiger partial charge in [-0.15, -0.1) is 24.0 Å². The predicted molar refractivity (Wildman–Crippen MR) is 92.2 cm³/mol. The highest BCUT2D eigenvalue weighted by Gasteiger charge is 2.14. The number of hydrogen-bond acceptors (Lipinski definition) is 2. The first-order valence-electron chi connectivity index (χ1n) is 6.81. The Morgan fingerprint density at radius 2 is 2.15 bits per heavy atom. The van der Waals surface area contributed by atoms with Crippen LogP contribution in [0.2, 0.25) is 0 Å². The second-order valence-corrected chi connectivity index (χ2v) is 5.05. The smallest absolute Gasteiger partial charge is 0.189 e. The summed E-state index contributed by atoms with van der Waals surface area (Å²) in [4.78, 5) is 11.9. The molecular weight excluding hydrogens is 365 g/mol. The number of rotatable bonds is 3. The molecule has 0 radical (unpaired) electrons. The molecule has 0 unspecified atom stereocenters. The first kappa shape index (κ1) is 15.1. The van der Waals surface area contributed by atoms with E-state index < -0.39 is 0 Å². The number of aliphatic imine (C=N–C) groups is 1. The molecule has 0 atom stereocenters. The number of pyridine rings is 1. The highest BCUT2D eigenvalue weighted by Crippen LogP contribution is 2.17. The number of aromatic nitrogens is 2. The van der Waals surface area contributed by atoms with Gasteiger partial charge in [-0.1, -0.05) is 12.8 Å². The normalized spacial score (nSPS) is 16.3. The Hall–Kier alpha value is -1.31. The van der Waals surface area contributed by atoms with Gasteiger partial charge in [0, 0.05) is 17.6 Å². The lowest BCUT2D eigenvalue weighted by atomic mass is 10.2. The zero-order chi connectivity index (χ0) is 13.1. The number of nitrogens with two attached hydrogens (primary N) is 1. The van der Waals surface area contributed by atoms with E-state index in [4.69, 9.17) is 5.73 Å². The second-order valence-electron chi connectivity index (χ2n) is 5.05. The molecule has 0 saturated heterocycles. The van der Waals surface area contributed by atoms with Crippen molar-refractivity contribution in [2.75, 3.05) is 0 Å². The Bertz CT molecular complexity index is 586. The zero-order valence-corrected chi connectivity index (χ0v) is 13.6. The molecule has 2 heterocycles. The van der Waals surface area contributed by atoms with Crippen LogP contribution in [0.1, 0.15) is 31.4 Å². The summed E-state index contributed by atoms with van der Waals surface area (Å²) in [5.74, 6) is 0.528. The lowest BCUT2D eigenvalue weighted by molar-refractivity contribution is 0.625. The van der Waals surface area contributed by atoms with Crippen LogP contribution in [0.4, 0.5) is 0 Å². The van der Waals surface area contributed by atoms with Crippen molar-refractivity contribution >= 4 is 41.0 Å². The van der Waals surface area contributed by atoms with E-state index >= 15 is 0 Å². The van der Waals surface area contributed by atoms with Gasteiger partial charge < -0.3 is 16.0 Å². The topological polar surface area (TPSA) is 79.1 Å². The Labute approximate surface area is 135 Å². The highest BCUT2D eigenvalue weighted by atomic mass is 127. The maximum Gasteiger partial charge on any atom is 0.189 e. The summed E-state index contributed by atoms with van der Waals surface area (Å²) in [5, 5.41) is 4.39. The average Bonchev–Trinajstić information content (AvgIpc) is 3.06. The summed E-state index contributed by atoms with van der Waals surface area (Å²) in [5.41, 5.74) is 7.72. The minimum Gasteiger partial charge on any atom is -0.370 e. The minimum atomic E-state index is 0. The fourth-order valence-electron chi connectivity index (χ4n) is 2.55. The van der Waals surface area contributed by atoms with E-state index in [-0.39, 0.29) is 24.0 Å². The first-order chi connectivity index (χ1) is 9.31. The quantitative estimate of drug-likeness (QED) is 0.432. The number of nitrogens with zero attached hydrogens (tertiary/aromatic N) is 2. The molecule has 1 aliphatic rings. The molecule has 2 aromatic rings. The standard InChI is InChI=1S/C14H19N5.HI/c15-14(19-11-3-1-2-4-11)17-9-12-6-5-10-7-8-16-13(10)18-12;/h5-8,11H,1-4,9H2,(H,16,18)(H3,15,17,19);1H. The van der Waals surface area contributed by atoms with Gasteiger partial charge in [0.1, 0.15) is 5.65 Å². The van der Waals surface area contributed by atoms with Crippen LogP contribution in [0.5, 0.6) is 0 Å². The Kier molecular flexibility index (Phi) is 5.22. The van der Waals surface area contributed by atoms with Crippen LogP contribution in [0.25, 0.3) is 11.0 Å². The van der Waals surface area contributed by atoms with Gasteiger partial charge in [-0.25, -0.2) is 9.98 Å². The van der Waals surface area contributed by atoms with Crippen molar-refractivity contribution in [1.29, 1.82) is 0 Å². The van der Waals surface area contributed by atoms with Crippen molar-refractivity contribution in [2.24, 2.45) is 10.7 Å². The van der Waals surface area contributed by atoms with E-state index in [2.05, 4.69) is 20.3 Å². The molecule has 1 saturated carbocycles. The number of aromatic amines is 1. The lowest BCUT2D eigenvalue weighted by Crippen LogP contribution is -2.38. The number of guanidine groups is 1. The molecule has 0 spiro atoms. The van der Waals surface area contributed by atoms with E-state index in [0.29, 0.717) is 18.5 Å². The van der Waals surface area contributed by atoms with Crippen molar-refractivity contribution in [2.45, 2.75) is 38.3 Å². The van der Waals surface area contributed by atoms with Gasteiger partial charge >= 0.3 is 0 Å². The van der Waals surface area contributed by atoms with Gasteiger partial charge in [0.15, 0.2) is 5.96 Å². The monoisotopic (exact) mass is 385 g/mol. The van der Waals surface area contributed by atoms with Gasteiger partial charge in [0.05, 0.1) is 12.2 Å². The summed E-state index contributed by atoms with van der Waals surface area (Å²) in [6, 6.07) is 6.54. The fraction of sp³-hybridized carbons (Fsp3) is 0.429. The lowest BCUT2D eigenvalue weighted by Gasteiger charge is -2.12. The molecule has 1 fully saturated rings. The van der Waals surface area contributed by atoms with Crippen molar-refractivity contribution in [3.8, 4) is 0 Å². The molecule has 0 bridgehead atoms. The number of halogens is 1. The van der Waals surface area contributed by atoms with Gasteiger partial charge in [-0.2, -0.15) is 0 Å². The third-order valence-corrected chi connectivity index (χ3v) is 3.59. The van der Waals surface area contributed by atoms with Crippen molar-refractivity contribution in [1.82, 2.24) is 15.3 Å². The van der Waals surface area contributed by atoms with Crippen LogP contribution < -0.4 is 11.1 Å². The van der Waals surface area contributed by atoms with Gasteiger partial charge in [-0.3, -0.25) is 0 Å². The molecule has 108 valence electrons. The molecule has 1 aliphatic carbocycles. The van der Waals surface area contributed by atoms with E-state index in [1.54, 1.807) is 0 Å². The van der Waals surface area contributed by atoms with Crippen LogP contribution >= 0.6 is 24.0 Å². The molecule has 0 aromatic carbocycles. The molecule has 3 rings (SSSR count). The second kappa shape index (κ2) is 6.92. The van der Waals surface area contributed by atoms with E-state index in [9.17, 15) is 0 Å². The first-order valence-corrected chi connectivity index (χ1v) is 6.81. The zero-order valence-electron chi connectivity index (χ0n) is 11.3. The summed E-state index contributed by atoms with van der Waals surface area (Å²) in [6.07, 6.45) is 6.86. The van der Waals surface area contributed by atoms with Crippen molar-refractivity contribution in [3.05, 3.63) is 30.1 Å². The van der Waals surface area contributed by atoms with Crippen LogP contribution in [-0.2, 0) is 6.54 Å². The number of fused-ring (bicyclic) bond motifs is 1. The number of hydrogen-bond donors (Lipinski definition) is 3. The summed E-state index contributed by atoms with van der Waals surface area (Å²) < 4.78 is 0. The molecule has 0 amide bonds. The third-order valence-electron chi connectivity index (χ3n) is 3.59. The predicted octanol–water partition coefficient (Wildman–Crippen LogP) is 2.53. The molecular formula is C14H20IN5.